The Bertz CT molecular complexity index is 472. The summed E-state index contributed by atoms with van der Waals surface area (Å²) in [5, 5.41) is 4.01. The Kier molecular flexibility index (Phi) is 5.66. The van der Waals surface area contributed by atoms with E-state index >= 15 is 0 Å². The van der Waals surface area contributed by atoms with Gasteiger partial charge in [0.05, 0.1) is 27.0 Å². The molecule has 0 heterocycles. The molecule has 104 valence electrons. The van der Waals surface area contributed by atoms with Gasteiger partial charge in [-0.05, 0) is 24.6 Å². The van der Waals surface area contributed by atoms with Crippen LogP contribution in [0.3, 0.4) is 0 Å². The van der Waals surface area contributed by atoms with Crippen molar-refractivity contribution in [3.63, 3.8) is 0 Å². The first-order valence-electron chi connectivity index (χ1n) is 5.79. The summed E-state index contributed by atoms with van der Waals surface area (Å²) in [6.07, 6.45) is 0.0471. The molecule has 0 aliphatic rings. The van der Waals surface area contributed by atoms with Gasteiger partial charge in [-0.15, -0.1) is 0 Å². The second-order valence-electron chi connectivity index (χ2n) is 3.59. The summed E-state index contributed by atoms with van der Waals surface area (Å²) in [5.41, 5.74) is 3.86. The monoisotopic (exact) mass is 266 g/mol. The molecule has 0 aromatic heterocycles. The van der Waals surface area contributed by atoms with Gasteiger partial charge in [-0.25, -0.2) is 10.2 Å². The lowest BCUT2D eigenvalue weighted by Crippen LogP contribution is -2.19. The van der Waals surface area contributed by atoms with E-state index in [9.17, 15) is 4.79 Å². The van der Waals surface area contributed by atoms with Crippen LogP contribution in [0.25, 0.3) is 0 Å². The van der Waals surface area contributed by atoms with Crippen LogP contribution >= 0.6 is 0 Å². The van der Waals surface area contributed by atoms with Crippen LogP contribution in [0.1, 0.15) is 18.9 Å². The van der Waals surface area contributed by atoms with Crippen LogP contribution in [-0.2, 0) is 4.74 Å². The second-order valence-corrected chi connectivity index (χ2v) is 3.59. The number of methoxy groups -OCH3 is 3. The molecule has 0 radical (unpaired) electrons. The molecule has 0 fully saturated rings. The molecule has 0 saturated heterocycles. The van der Waals surface area contributed by atoms with E-state index in [2.05, 4.69) is 15.3 Å². The van der Waals surface area contributed by atoms with Crippen LogP contribution in [0.5, 0.6) is 11.5 Å². The SMILES string of the molecule is CC/C(=N\NC(=O)OC)c1ccc(OC)c(OC)c1. The van der Waals surface area contributed by atoms with E-state index in [0.29, 0.717) is 23.6 Å². The van der Waals surface area contributed by atoms with E-state index in [4.69, 9.17) is 9.47 Å². The highest BCUT2D eigenvalue weighted by atomic mass is 16.5. The molecule has 1 rings (SSSR count). The summed E-state index contributed by atoms with van der Waals surface area (Å²) < 4.78 is 14.9. The number of hydrogen-bond donors (Lipinski definition) is 1. The Labute approximate surface area is 112 Å². The summed E-state index contributed by atoms with van der Waals surface area (Å²) >= 11 is 0. The molecule has 1 N–H and O–H groups in total. The van der Waals surface area contributed by atoms with Crippen molar-refractivity contribution in [2.45, 2.75) is 13.3 Å². The highest BCUT2D eigenvalue weighted by Crippen LogP contribution is 2.28. The summed E-state index contributed by atoms with van der Waals surface area (Å²) in [6, 6.07) is 5.44. The van der Waals surface area contributed by atoms with Crippen molar-refractivity contribution < 1.29 is 19.0 Å². The van der Waals surface area contributed by atoms with Gasteiger partial charge in [-0.3, -0.25) is 0 Å². The fraction of sp³-hybridized carbons (Fsp3) is 0.385. The minimum Gasteiger partial charge on any atom is -0.493 e. The molecule has 0 atom stereocenters. The second kappa shape index (κ2) is 7.25. The summed E-state index contributed by atoms with van der Waals surface area (Å²) in [7, 11) is 4.43. The Balaban J connectivity index is 3.01. The number of hydrazone groups is 1. The van der Waals surface area contributed by atoms with Gasteiger partial charge in [0.15, 0.2) is 11.5 Å². The first-order valence-corrected chi connectivity index (χ1v) is 5.79. The third-order valence-corrected chi connectivity index (χ3v) is 2.52. The van der Waals surface area contributed by atoms with E-state index in [1.54, 1.807) is 26.4 Å². The molecule has 6 heteroatoms. The Morgan fingerprint density at radius 2 is 1.89 bits per heavy atom. The number of carbonyl (C=O) groups excluding carboxylic acids is 1. The minimum atomic E-state index is -0.605. The van der Waals surface area contributed by atoms with Gasteiger partial charge in [-0.1, -0.05) is 6.92 Å². The number of nitrogens with one attached hydrogen (secondary N) is 1. The number of carbonyl (C=O) groups is 1. The summed E-state index contributed by atoms with van der Waals surface area (Å²) in [5.74, 6) is 1.25. The van der Waals surface area contributed by atoms with Crippen molar-refractivity contribution >= 4 is 11.8 Å². The van der Waals surface area contributed by atoms with E-state index in [1.165, 1.54) is 7.11 Å². The van der Waals surface area contributed by atoms with Gasteiger partial charge in [0, 0.05) is 5.56 Å². The van der Waals surface area contributed by atoms with Gasteiger partial charge in [0.2, 0.25) is 0 Å². The molecule has 0 saturated carbocycles. The van der Waals surface area contributed by atoms with Gasteiger partial charge in [0.1, 0.15) is 0 Å². The molecule has 19 heavy (non-hydrogen) atoms. The van der Waals surface area contributed by atoms with Crippen LogP contribution in [0.2, 0.25) is 0 Å². The zero-order valence-electron chi connectivity index (χ0n) is 11.5. The number of ether oxygens (including phenoxy) is 3. The topological polar surface area (TPSA) is 69.2 Å². The van der Waals surface area contributed by atoms with Crippen LogP contribution in [-0.4, -0.2) is 33.1 Å². The highest BCUT2D eigenvalue weighted by molar-refractivity contribution is 6.01. The van der Waals surface area contributed by atoms with Crippen molar-refractivity contribution in [2.75, 3.05) is 21.3 Å². The lowest BCUT2D eigenvalue weighted by molar-refractivity contribution is 0.171. The quantitative estimate of drug-likeness (QED) is 0.655. The molecule has 1 aromatic carbocycles. The van der Waals surface area contributed by atoms with Gasteiger partial charge < -0.3 is 14.2 Å². The van der Waals surface area contributed by atoms with Gasteiger partial charge >= 0.3 is 6.09 Å². The smallest absolute Gasteiger partial charge is 0.427 e. The van der Waals surface area contributed by atoms with E-state index in [1.807, 2.05) is 13.0 Å². The first kappa shape index (κ1) is 14.8. The third-order valence-electron chi connectivity index (χ3n) is 2.52. The Morgan fingerprint density at radius 3 is 2.42 bits per heavy atom. The first-order chi connectivity index (χ1) is 9.15. The molecule has 0 bridgehead atoms. The number of rotatable bonds is 5. The number of benzene rings is 1. The lowest BCUT2D eigenvalue weighted by Gasteiger charge is -2.10. The number of amides is 1. The van der Waals surface area contributed by atoms with Crippen molar-refractivity contribution in [1.82, 2.24) is 5.43 Å². The van der Waals surface area contributed by atoms with Gasteiger partial charge in [-0.2, -0.15) is 5.10 Å². The molecule has 0 aliphatic carbocycles. The van der Waals surface area contributed by atoms with Crippen LogP contribution in [0.15, 0.2) is 23.3 Å². The predicted octanol–water partition coefficient (Wildman–Crippen LogP) is 2.17. The molecule has 0 spiro atoms. The van der Waals surface area contributed by atoms with Crippen molar-refractivity contribution in [1.29, 1.82) is 0 Å². The largest absolute Gasteiger partial charge is 0.493 e. The molecule has 1 aromatic rings. The fourth-order valence-electron chi connectivity index (χ4n) is 1.52. The average molecular weight is 266 g/mol. The molecular weight excluding hydrogens is 248 g/mol. The minimum absolute atomic E-state index is 0.605. The van der Waals surface area contributed by atoms with Crippen molar-refractivity contribution in [2.24, 2.45) is 5.10 Å². The number of hydrogen-bond acceptors (Lipinski definition) is 5. The van der Waals surface area contributed by atoms with Crippen LogP contribution in [0, 0.1) is 0 Å². The lowest BCUT2D eigenvalue weighted by atomic mass is 10.1. The molecular formula is C13H18N2O4. The van der Waals surface area contributed by atoms with E-state index in [0.717, 1.165) is 5.56 Å². The standard InChI is InChI=1S/C13H18N2O4/c1-5-10(14-15-13(16)19-4)9-6-7-11(17-2)12(8-9)18-3/h6-8H,5H2,1-4H3,(H,15,16)/b14-10+. The van der Waals surface area contributed by atoms with Crippen molar-refractivity contribution in [3.8, 4) is 11.5 Å². The molecule has 6 nitrogen and oxygen atoms in total. The highest BCUT2D eigenvalue weighted by Gasteiger charge is 2.08. The fourth-order valence-corrected chi connectivity index (χ4v) is 1.52. The van der Waals surface area contributed by atoms with Crippen LogP contribution in [0.4, 0.5) is 4.79 Å². The summed E-state index contributed by atoms with van der Waals surface area (Å²) in [4.78, 5) is 11.0. The molecule has 0 unspecified atom stereocenters. The predicted molar refractivity (Wildman–Crippen MR) is 71.9 cm³/mol. The van der Waals surface area contributed by atoms with Crippen molar-refractivity contribution in [3.05, 3.63) is 23.8 Å². The van der Waals surface area contributed by atoms with Gasteiger partial charge in [0.25, 0.3) is 0 Å². The van der Waals surface area contributed by atoms with Crippen LogP contribution < -0.4 is 14.9 Å². The zero-order valence-corrected chi connectivity index (χ0v) is 11.5. The summed E-state index contributed by atoms with van der Waals surface area (Å²) in [6.45, 7) is 1.94. The normalized spacial score (nSPS) is 10.8. The molecule has 0 aliphatic heterocycles. The van der Waals surface area contributed by atoms with E-state index < -0.39 is 6.09 Å². The average Bonchev–Trinajstić information content (AvgIpc) is 2.47. The zero-order chi connectivity index (χ0) is 14.3. The maximum atomic E-state index is 11.0. The maximum Gasteiger partial charge on any atom is 0.427 e. The Hall–Kier alpha value is -2.24. The third kappa shape index (κ3) is 3.87. The maximum absolute atomic E-state index is 11.0. The number of nitrogens with zero attached hydrogens (tertiary/aromatic N) is 1. The van der Waals surface area contributed by atoms with E-state index in [-0.39, 0.29) is 0 Å². The Morgan fingerprint density at radius 1 is 1.21 bits per heavy atom. The molecule has 1 amide bonds.